The molecule has 3 aromatic rings. The van der Waals surface area contributed by atoms with Crippen molar-refractivity contribution in [3.8, 4) is 11.5 Å². The Balaban J connectivity index is 1.72. The molecule has 0 aliphatic heterocycles. The number of nitrogens with one attached hydrogen (secondary N) is 1. The Morgan fingerprint density at radius 1 is 1.33 bits per heavy atom. The summed E-state index contributed by atoms with van der Waals surface area (Å²) in [7, 11) is 1.75. The van der Waals surface area contributed by atoms with Crippen LogP contribution in [0.4, 0.5) is 0 Å². The lowest BCUT2D eigenvalue weighted by molar-refractivity contribution is 0.0785. The largest absolute Gasteiger partial charge is 0.423 e. The van der Waals surface area contributed by atoms with Gasteiger partial charge >= 0.3 is 0 Å². The standard InChI is InChI=1S/C14H13N5O2/c1-19(8-10-6-15-16-7-10)14(20)12-4-2-11(3-5-12)13-18-17-9-21-13/h2-7,9H,8H2,1H3,(H,15,16). The van der Waals surface area contributed by atoms with Crippen LogP contribution in [0, 0.1) is 0 Å². The second-order valence-electron chi connectivity index (χ2n) is 4.59. The van der Waals surface area contributed by atoms with Crippen LogP contribution >= 0.6 is 0 Å². The lowest BCUT2D eigenvalue weighted by Gasteiger charge is -2.16. The van der Waals surface area contributed by atoms with Crippen molar-refractivity contribution in [2.45, 2.75) is 6.54 Å². The van der Waals surface area contributed by atoms with Gasteiger partial charge in [-0.15, -0.1) is 10.2 Å². The highest BCUT2D eigenvalue weighted by Crippen LogP contribution is 2.17. The average molecular weight is 283 g/mol. The van der Waals surface area contributed by atoms with Crippen molar-refractivity contribution in [1.29, 1.82) is 0 Å². The molecule has 7 heteroatoms. The van der Waals surface area contributed by atoms with Crippen LogP contribution < -0.4 is 0 Å². The van der Waals surface area contributed by atoms with Crippen LogP contribution in [0.1, 0.15) is 15.9 Å². The number of benzene rings is 1. The van der Waals surface area contributed by atoms with E-state index < -0.39 is 0 Å². The van der Waals surface area contributed by atoms with Crippen molar-refractivity contribution in [2.75, 3.05) is 7.05 Å². The van der Waals surface area contributed by atoms with Crippen LogP contribution in [-0.4, -0.2) is 38.2 Å². The quantitative estimate of drug-likeness (QED) is 0.787. The fourth-order valence-electron chi connectivity index (χ4n) is 1.98. The van der Waals surface area contributed by atoms with Gasteiger partial charge in [-0.3, -0.25) is 9.89 Å². The van der Waals surface area contributed by atoms with E-state index in [1.807, 2.05) is 0 Å². The molecule has 0 unspecified atom stereocenters. The molecule has 0 fully saturated rings. The first-order valence-corrected chi connectivity index (χ1v) is 6.34. The third kappa shape index (κ3) is 2.81. The summed E-state index contributed by atoms with van der Waals surface area (Å²) in [6.07, 6.45) is 4.73. The van der Waals surface area contributed by atoms with Gasteiger partial charge in [-0.1, -0.05) is 0 Å². The molecule has 0 bridgehead atoms. The number of carbonyl (C=O) groups is 1. The van der Waals surface area contributed by atoms with Crippen LogP contribution in [0.3, 0.4) is 0 Å². The summed E-state index contributed by atoms with van der Waals surface area (Å²) in [5, 5.41) is 14.0. The van der Waals surface area contributed by atoms with Gasteiger partial charge in [0.05, 0.1) is 6.20 Å². The van der Waals surface area contributed by atoms with E-state index in [2.05, 4.69) is 20.4 Å². The zero-order valence-corrected chi connectivity index (χ0v) is 11.4. The van der Waals surface area contributed by atoms with E-state index in [-0.39, 0.29) is 5.91 Å². The van der Waals surface area contributed by atoms with Crippen LogP contribution in [0.5, 0.6) is 0 Å². The van der Waals surface area contributed by atoms with Crippen molar-refractivity contribution < 1.29 is 9.21 Å². The number of aromatic nitrogens is 4. The van der Waals surface area contributed by atoms with Gasteiger partial charge < -0.3 is 9.32 Å². The van der Waals surface area contributed by atoms with Crippen molar-refractivity contribution in [1.82, 2.24) is 25.3 Å². The molecule has 0 radical (unpaired) electrons. The summed E-state index contributed by atoms with van der Waals surface area (Å²) < 4.78 is 5.11. The van der Waals surface area contributed by atoms with Gasteiger partial charge in [0, 0.05) is 36.5 Å². The Kier molecular flexibility index (Phi) is 3.46. The van der Waals surface area contributed by atoms with E-state index in [4.69, 9.17) is 4.42 Å². The molecular weight excluding hydrogens is 270 g/mol. The molecule has 0 spiro atoms. The fourth-order valence-corrected chi connectivity index (χ4v) is 1.98. The Hall–Kier alpha value is -2.96. The number of hydrogen-bond acceptors (Lipinski definition) is 5. The normalized spacial score (nSPS) is 10.5. The fraction of sp³-hybridized carbons (Fsp3) is 0.143. The summed E-state index contributed by atoms with van der Waals surface area (Å²) in [6.45, 7) is 0.501. The first-order valence-electron chi connectivity index (χ1n) is 6.34. The monoisotopic (exact) mass is 283 g/mol. The molecule has 0 aliphatic carbocycles. The number of amides is 1. The molecule has 1 N–H and O–H groups in total. The molecule has 21 heavy (non-hydrogen) atoms. The summed E-state index contributed by atoms with van der Waals surface area (Å²) in [5.74, 6) is 0.369. The average Bonchev–Trinajstić information content (AvgIpc) is 3.20. The maximum absolute atomic E-state index is 12.3. The van der Waals surface area contributed by atoms with Crippen molar-refractivity contribution >= 4 is 5.91 Å². The van der Waals surface area contributed by atoms with Crippen molar-refractivity contribution in [3.05, 3.63) is 54.2 Å². The molecule has 0 saturated carbocycles. The minimum absolute atomic E-state index is 0.0618. The highest BCUT2D eigenvalue weighted by atomic mass is 16.4. The zero-order chi connectivity index (χ0) is 14.7. The molecule has 0 aliphatic rings. The Morgan fingerprint density at radius 3 is 2.76 bits per heavy atom. The molecule has 7 nitrogen and oxygen atoms in total. The second kappa shape index (κ2) is 5.58. The summed E-state index contributed by atoms with van der Waals surface area (Å²) in [5.41, 5.74) is 2.33. The molecule has 3 rings (SSSR count). The summed E-state index contributed by atoms with van der Waals surface area (Å²) in [4.78, 5) is 13.9. The van der Waals surface area contributed by atoms with Gasteiger partial charge in [0.25, 0.3) is 5.91 Å². The van der Waals surface area contributed by atoms with Crippen LogP contribution in [-0.2, 0) is 6.54 Å². The van der Waals surface area contributed by atoms with Gasteiger partial charge in [0.1, 0.15) is 0 Å². The van der Waals surface area contributed by atoms with E-state index in [0.717, 1.165) is 11.1 Å². The highest BCUT2D eigenvalue weighted by molar-refractivity contribution is 5.94. The van der Waals surface area contributed by atoms with Crippen molar-refractivity contribution in [3.63, 3.8) is 0 Å². The minimum Gasteiger partial charge on any atom is -0.423 e. The third-order valence-electron chi connectivity index (χ3n) is 3.06. The number of rotatable bonds is 4. The van der Waals surface area contributed by atoms with Crippen LogP contribution in [0.15, 0.2) is 47.5 Å². The first kappa shape index (κ1) is 13.0. The number of aromatic amines is 1. The van der Waals surface area contributed by atoms with E-state index in [1.54, 1.807) is 48.6 Å². The topological polar surface area (TPSA) is 87.9 Å². The predicted molar refractivity (Wildman–Crippen MR) is 74.1 cm³/mol. The summed E-state index contributed by atoms with van der Waals surface area (Å²) in [6, 6.07) is 7.06. The molecule has 2 aromatic heterocycles. The maximum Gasteiger partial charge on any atom is 0.253 e. The van der Waals surface area contributed by atoms with Crippen LogP contribution in [0.2, 0.25) is 0 Å². The lowest BCUT2D eigenvalue weighted by atomic mass is 10.1. The summed E-state index contributed by atoms with van der Waals surface area (Å²) >= 11 is 0. The number of nitrogens with zero attached hydrogens (tertiary/aromatic N) is 4. The minimum atomic E-state index is -0.0618. The highest BCUT2D eigenvalue weighted by Gasteiger charge is 2.13. The van der Waals surface area contributed by atoms with Crippen molar-refractivity contribution in [2.24, 2.45) is 0 Å². The van der Waals surface area contributed by atoms with E-state index in [0.29, 0.717) is 18.0 Å². The number of H-pyrrole nitrogens is 1. The maximum atomic E-state index is 12.3. The SMILES string of the molecule is CN(Cc1cn[nH]c1)C(=O)c1ccc(-c2nnco2)cc1. The van der Waals surface area contributed by atoms with Gasteiger partial charge in [-0.2, -0.15) is 5.10 Å². The molecule has 0 atom stereocenters. The molecule has 106 valence electrons. The second-order valence-corrected chi connectivity index (χ2v) is 4.59. The van der Waals surface area contributed by atoms with Crippen LogP contribution in [0.25, 0.3) is 11.5 Å². The smallest absolute Gasteiger partial charge is 0.253 e. The molecule has 2 heterocycles. The Bertz CT molecular complexity index is 704. The number of carbonyl (C=O) groups excluding carboxylic acids is 1. The van der Waals surface area contributed by atoms with E-state index in [9.17, 15) is 4.79 Å². The van der Waals surface area contributed by atoms with E-state index >= 15 is 0 Å². The van der Waals surface area contributed by atoms with Gasteiger partial charge in [0.15, 0.2) is 0 Å². The molecular formula is C14H13N5O2. The number of hydrogen-bond donors (Lipinski definition) is 1. The zero-order valence-electron chi connectivity index (χ0n) is 11.4. The third-order valence-corrected chi connectivity index (χ3v) is 3.06. The molecule has 1 aromatic carbocycles. The lowest BCUT2D eigenvalue weighted by Crippen LogP contribution is -2.25. The van der Waals surface area contributed by atoms with Gasteiger partial charge in [0.2, 0.25) is 12.3 Å². The van der Waals surface area contributed by atoms with Gasteiger partial charge in [-0.25, -0.2) is 0 Å². The Morgan fingerprint density at radius 2 is 2.14 bits per heavy atom. The van der Waals surface area contributed by atoms with E-state index in [1.165, 1.54) is 6.39 Å². The Labute approximate surface area is 120 Å². The molecule has 0 saturated heterocycles. The molecule has 1 amide bonds. The predicted octanol–water partition coefficient (Wildman–Crippen LogP) is 1.73. The van der Waals surface area contributed by atoms with Gasteiger partial charge in [-0.05, 0) is 24.3 Å². The first-order chi connectivity index (χ1) is 10.2.